The van der Waals surface area contributed by atoms with Crippen LogP contribution in [-0.2, 0) is 5.41 Å². The molecule has 0 saturated carbocycles. The molecule has 0 nitrogen and oxygen atoms in total. The molecule has 1 aliphatic rings. The van der Waals surface area contributed by atoms with Gasteiger partial charge in [0.15, 0.2) is 0 Å². The van der Waals surface area contributed by atoms with E-state index in [0.29, 0.717) is 0 Å². The zero-order valence-electron chi connectivity index (χ0n) is 28.0. The van der Waals surface area contributed by atoms with Crippen LogP contribution in [0.15, 0.2) is 121 Å². The van der Waals surface area contributed by atoms with Crippen molar-refractivity contribution in [1.82, 2.24) is 0 Å². The SMILES string of the molecule is Cc1ccc(-c2ccc(-c3ccc(C)cc3C)c(C)c2)cc1.Cc1ccc(-c2ccc3c(c2)C(C)(C)c2cc(C)ccc2-3)cc1. The van der Waals surface area contributed by atoms with Crippen LogP contribution >= 0.6 is 0 Å². The van der Waals surface area contributed by atoms with E-state index in [1.54, 1.807) is 0 Å². The Morgan fingerprint density at radius 1 is 0.311 bits per heavy atom. The summed E-state index contributed by atoms with van der Waals surface area (Å²) in [5, 5.41) is 0. The van der Waals surface area contributed by atoms with Gasteiger partial charge in [-0.15, -0.1) is 0 Å². The molecule has 0 atom stereocenters. The zero-order valence-corrected chi connectivity index (χ0v) is 28.0. The third-order valence-corrected chi connectivity index (χ3v) is 9.50. The first-order valence-corrected chi connectivity index (χ1v) is 16.1. The van der Waals surface area contributed by atoms with Gasteiger partial charge in [-0.1, -0.05) is 151 Å². The third-order valence-electron chi connectivity index (χ3n) is 9.50. The Morgan fingerprint density at radius 3 is 1.18 bits per heavy atom. The summed E-state index contributed by atoms with van der Waals surface area (Å²) in [4.78, 5) is 0. The van der Waals surface area contributed by atoms with Gasteiger partial charge in [-0.3, -0.25) is 0 Å². The molecule has 6 aromatic rings. The van der Waals surface area contributed by atoms with Gasteiger partial charge in [0.05, 0.1) is 0 Å². The van der Waals surface area contributed by atoms with E-state index < -0.39 is 0 Å². The van der Waals surface area contributed by atoms with E-state index >= 15 is 0 Å². The van der Waals surface area contributed by atoms with Crippen molar-refractivity contribution in [2.45, 2.75) is 60.8 Å². The summed E-state index contributed by atoms with van der Waals surface area (Å²) in [6.07, 6.45) is 0. The molecule has 1 aliphatic carbocycles. The molecular weight excluding hydrogens is 540 g/mol. The molecule has 224 valence electrons. The van der Waals surface area contributed by atoms with Gasteiger partial charge >= 0.3 is 0 Å². The molecule has 45 heavy (non-hydrogen) atoms. The zero-order chi connectivity index (χ0) is 31.9. The number of benzene rings is 6. The van der Waals surface area contributed by atoms with Gasteiger partial charge in [0.2, 0.25) is 0 Å². The van der Waals surface area contributed by atoms with Crippen LogP contribution in [0.1, 0.15) is 58.4 Å². The molecule has 0 fully saturated rings. The van der Waals surface area contributed by atoms with Gasteiger partial charge in [0, 0.05) is 5.41 Å². The Balaban J connectivity index is 0.000000159. The summed E-state index contributed by atoms with van der Waals surface area (Å²) in [5.41, 5.74) is 21.5. The number of hydrogen-bond acceptors (Lipinski definition) is 0. The average Bonchev–Trinajstić information content (AvgIpc) is 3.24. The second-order valence-electron chi connectivity index (χ2n) is 13.5. The van der Waals surface area contributed by atoms with Crippen molar-refractivity contribution in [2.24, 2.45) is 0 Å². The van der Waals surface area contributed by atoms with Gasteiger partial charge in [0.25, 0.3) is 0 Å². The molecule has 0 amide bonds. The smallest absolute Gasteiger partial charge is 0.0159 e. The van der Waals surface area contributed by atoms with Crippen LogP contribution in [0.4, 0.5) is 0 Å². The molecule has 0 bridgehead atoms. The molecule has 0 aromatic heterocycles. The second-order valence-corrected chi connectivity index (χ2v) is 13.5. The summed E-state index contributed by atoms with van der Waals surface area (Å²) in [6.45, 7) is 17.7. The van der Waals surface area contributed by atoms with Gasteiger partial charge in [-0.05, 0) is 114 Å². The molecule has 0 heterocycles. The normalized spacial score (nSPS) is 12.6. The van der Waals surface area contributed by atoms with Crippen LogP contribution in [0, 0.1) is 41.5 Å². The van der Waals surface area contributed by atoms with Gasteiger partial charge in [0.1, 0.15) is 0 Å². The van der Waals surface area contributed by atoms with Crippen LogP contribution in [-0.4, -0.2) is 0 Å². The highest BCUT2D eigenvalue weighted by Gasteiger charge is 2.35. The Labute approximate surface area is 270 Å². The lowest BCUT2D eigenvalue weighted by atomic mass is 9.81. The monoisotopic (exact) mass is 584 g/mol. The highest BCUT2D eigenvalue weighted by atomic mass is 14.4. The van der Waals surface area contributed by atoms with E-state index in [1.165, 1.54) is 89.0 Å². The fourth-order valence-corrected chi connectivity index (χ4v) is 6.78. The van der Waals surface area contributed by atoms with E-state index in [0.717, 1.165) is 0 Å². The Bertz CT molecular complexity index is 2000. The minimum Gasteiger partial charge on any atom is -0.0587 e. The quantitative estimate of drug-likeness (QED) is 0.194. The van der Waals surface area contributed by atoms with Gasteiger partial charge in [-0.25, -0.2) is 0 Å². The minimum atomic E-state index is 0.0669. The first-order valence-electron chi connectivity index (χ1n) is 16.1. The van der Waals surface area contributed by atoms with Crippen LogP contribution in [0.25, 0.3) is 44.5 Å². The fraction of sp³-hybridized carbons (Fsp3) is 0.200. The maximum absolute atomic E-state index is 2.38. The van der Waals surface area contributed by atoms with Crippen LogP contribution in [0.2, 0.25) is 0 Å². The molecule has 6 aromatic carbocycles. The first kappa shape index (κ1) is 30.4. The highest BCUT2D eigenvalue weighted by Crippen LogP contribution is 2.49. The lowest BCUT2D eigenvalue weighted by molar-refractivity contribution is 0.660. The van der Waals surface area contributed by atoms with Crippen LogP contribution < -0.4 is 0 Å². The van der Waals surface area contributed by atoms with Crippen LogP contribution in [0.5, 0.6) is 0 Å². The Morgan fingerprint density at radius 2 is 0.667 bits per heavy atom. The van der Waals surface area contributed by atoms with Crippen molar-refractivity contribution >= 4 is 0 Å². The number of fused-ring (bicyclic) bond motifs is 3. The van der Waals surface area contributed by atoms with Crippen LogP contribution in [0.3, 0.4) is 0 Å². The van der Waals surface area contributed by atoms with Crippen molar-refractivity contribution in [1.29, 1.82) is 0 Å². The number of aryl methyl sites for hydroxylation is 6. The molecule has 0 saturated heterocycles. The van der Waals surface area contributed by atoms with E-state index in [9.17, 15) is 0 Å². The number of rotatable bonds is 3. The van der Waals surface area contributed by atoms with Crippen molar-refractivity contribution < 1.29 is 0 Å². The van der Waals surface area contributed by atoms with E-state index in [1.807, 2.05) is 0 Å². The fourth-order valence-electron chi connectivity index (χ4n) is 6.78. The predicted octanol–water partition coefficient (Wildman–Crippen LogP) is 12.5. The first-order chi connectivity index (χ1) is 21.5. The largest absolute Gasteiger partial charge is 0.0587 e. The Kier molecular flexibility index (Phi) is 8.10. The van der Waals surface area contributed by atoms with Gasteiger partial charge in [-0.2, -0.15) is 0 Å². The maximum Gasteiger partial charge on any atom is 0.0159 e. The van der Waals surface area contributed by atoms with Crippen molar-refractivity contribution in [3.05, 3.63) is 166 Å². The lowest BCUT2D eigenvalue weighted by Gasteiger charge is -2.22. The van der Waals surface area contributed by atoms with Crippen molar-refractivity contribution in [3.8, 4) is 44.5 Å². The predicted molar refractivity (Wildman–Crippen MR) is 195 cm³/mol. The maximum atomic E-state index is 2.38. The second kappa shape index (κ2) is 12.0. The topological polar surface area (TPSA) is 0 Å². The molecule has 7 rings (SSSR count). The standard InChI is InChI=1S/C23H22.C22H22/c1-15-5-8-17(9-6-15)18-10-12-20-19-11-7-16(2)13-21(19)23(3,4)22(20)14-18;1-15-5-8-19(9-6-15)20-10-12-22(18(4)14-20)21-11-7-16(2)13-17(21)3/h5-14H,1-4H3;5-14H,1-4H3. The van der Waals surface area contributed by atoms with E-state index in [-0.39, 0.29) is 5.41 Å². The van der Waals surface area contributed by atoms with Crippen molar-refractivity contribution in [2.75, 3.05) is 0 Å². The van der Waals surface area contributed by atoms with Gasteiger partial charge < -0.3 is 0 Å². The molecular formula is C45H44. The van der Waals surface area contributed by atoms with Crippen molar-refractivity contribution in [3.63, 3.8) is 0 Å². The molecule has 0 N–H and O–H groups in total. The third kappa shape index (κ3) is 6.03. The summed E-state index contributed by atoms with van der Waals surface area (Å²) in [5.74, 6) is 0. The molecule has 0 heteroatoms. The summed E-state index contributed by atoms with van der Waals surface area (Å²) in [6, 6.07) is 44.8. The van der Waals surface area contributed by atoms with E-state index in [4.69, 9.17) is 0 Å². The molecule has 0 unspecified atom stereocenters. The highest BCUT2D eigenvalue weighted by molar-refractivity contribution is 5.84. The Hall–Kier alpha value is -4.68. The summed E-state index contributed by atoms with van der Waals surface area (Å²) in [7, 11) is 0. The molecule has 0 aliphatic heterocycles. The summed E-state index contributed by atoms with van der Waals surface area (Å²) < 4.78 is 0. The lowest BCUT2D eigenvalue weighted by Crippen LogP contribution is -2.15. The van der Waals surface area contributed by atoms with E-state index in [2.05, 4.69) is 177 Å². The number of hydrogen-bond donors (Lipinski definition) is 0. The molecule has 0 radical (unpaired) electrons. The molecule has 0 spiro atoms. The average molecular weight is 585 g/mol. The summed E-state index contributed by atoms with van der Waals surface area (Å²) >= 11 is 0. The minimum absolute atomic E-state index is 0.0669.